The van der Waals surface area contributed by atoms with Gasteiger partial charge in [0.1, 0.15) is 5.75 Å². The number of halogens is 2. The van der Waals surface area contributed by atoms with Gasteiger partial charge in [0.2, 0.25) is 0 Å². The molecule has 0 fully saturated rings. The van der Waals surface area contributed by atoms with Crippen molar-refractivity contribution in [2.24, 2.45) is 5.73 Å². The number of fused-ring (bicyclic) bond motifs is 1. The Morgan fingerprint density at radius 2 is 1.53 bits per heavy atom. The van der Waals surface area contributed by atoms with Gasteiger partial charge < -0.3 is 30.2 Å². The maximum absolute atomic E-state index is 5.61. The van der Waals surface area contributed by atoms with Crippen LogP contribution in [0, 0.1) is 0 Å². The van der Waals surface area contributed by atoms with Crippen molar-refractivity contribution in [3.8, 4) is 28.5 Å². The van der Waals surface area contributed by atoms with Crippen molar-refractivity contribution in [2.45, 2.75) is 12.8 Å². The van der Waals surface area contributed by atoms with Crippen LogP contribution in [0.5, 0.6) is 17.2 Å². The molecule has 3 aromatic rings. The molecule has 0 radical (unpaired) electrons. The Morgan fingerprint density at radius 3 is 2.15 bits per heavy atom. The van der Waals surface area contributed by atoms with Gasteiger partial charge in [0.25, 0.3) is 0 Å². The second-order valence-electron chi connectivity index (χ2n) is 7.73. The normalized spacial score (nSPS) is 10.4. The first-order valence-corrected chi connectivity index (χ1v) is 10.9. The van der Waals surface area contributed by atoms with Crippen molar-refractivity contribution in [1.29, 1.82) is 0 Å². The van der Waals surface area contributed by atoms with Crippen LogP contribution in [-0.4, -0.2) is 64.4 Å². The summed E-state index contributed by atoms with van der Waals surface area (Å²) in [4.78, 5) is 7.21. The van der Waals surface area contributed by atoms with Gasteiger partial charge in [0.05, 0.1) is 32.5 Å². The van der Waals surface area contributed by atoms with Crippen molar-refractivity contribution < 1.29 is 14.2 Å². The molecule has 1 aromatic heterocycles. The number of benzene rings is 2. The third-order valence-electron chi connectivity index (χ3n) is 5.48. The van der Waals surface area contributed by atoms with E-state index in [1.165, 1.54) is 0 Å². The van der Waals surface area contributed by atoms with Gasteiger partial charge in [-0.25, -0.2) is 4.98 Å². The number of nitrogens with one attached hydrogen (secondary N) is 1. The Morgan fingerprint density at radius 1 is 0.882 bits per heavy atom. The van der Waals surface area contributed by atoms with Crippen molar-refractivity contribution >= 4 is 41.4 Å². The van der Waals surface area contributed by atoms with Crippen molar-refractivity contribution in [3.63, 3.8) is 0 Å². The van der Waals surface area contributed by atoms with E-state index in [0.717, 1.165) is 72.6 Å². The molecule has 0 bridgehead atoms. The molecule has 34 heavy (non-hydrogen) atoms. The molecule has 3 rings (SSSR count). The third kappa shape index (κ3) is 7.53. The first-order chi connectivity index (χ1) is 15.6. The average Bonchev–Trinajstić information content (AvgIpc) is 2.84. The highest BCUT2D eigenvalue weighted by atomic mass is 35.5. The lowest BCUT2D eigenvalue weighted by molar-refractivity contribution is 0.330. The van der Waals surface area contributed by atoms with Gasteiger partial charge in [0, 0.05) is 29.2 Å². The van der Waals surface area contributed by atoms with Gasteiger partial charge in [-0.15, -0.1) is 24.8 Å². The average molecular weight is 511 g/mol. The van der Waals surface area contributed by atoms with Crippen LogP contribution in [0.4, 0.5) is 5.69 Å². The minimum Gasteiger partial charge on any atom is -0.497 e. The minimum atomic E-state index is 0. The standard InChI is InChI=1S/C25H34N4O3.2ClH/c1-29(13-5-11-26)14-6-12-27-22-16-21(18-7-9-19(30-2)10-8-18)28-23-17-25(32-4)24(31-3)15-20(22)23;;/h7-10,15-17H,5-6,11-14,26H2,1-4H3,(H,27,28);2*1H. The summed E-state index contributed by atoms with van der Waals surface area (Å²) >= 11 is 0. The number of aromatic nitrogens is 1. The van der Waals surface area contributed by atoms with Crippen LogP contribution >= 0.6 is 24.8 Å². The molecule has 1 heterocycles. The molecular weight excluding hydrogens is 475 g/mol. The largest absolute Gasteiger partial charge is 0.497 e. The predicted molar refractivity (Wildman–Crippen MR) is 146 cm³/mol. The van der Waals surface area contributed by atoms with E-state index < -0.39 is 0 Å². The summed E-state index contributed by atoms with van der Waals surface area (Å²) in [6.45, 7) is 3.61. The van der Waals surface area contributed by atoms with E-state index in [-0.39, 0.29) is 24.8 Å². The summed E-state index contributed by atoms with van der Waals surface area (Å²) in [5.41, 5.74) is 9.38. The smallest absolute Gasteiger partial charge is 0.162 e. The van der Waals surface area contributed by atoms with E-state index in [1.54, 1.807) is 21.3 Å². The zero-order chi connectivity index (χ0) is 22.9. The van der Waals surface area contributed by atoms with Crippen LogP contribution in [0.2, 0.25) is 0 Å². The lowest BCUT2D eigenvalue weighted by Gasteiger charge is -2.18. The molecule has 0 aliphatic carbocycles. The molecule has 0 saturated heterocycles. The number of nitrogens with zero attached hydrogens (tertiary/aromatic N) is 2. The summed E-state index contributed by atoms with van der Waals surface area (Å²) in [7, 11) is 7.08. The van der Waals surface area contributed by atoms with Crippen LogP contribution in [0.1, 0.15) is 12.8 Å². The Bertz CT molecular complexity index is 1020. The fourth-order valence-corrected chi connectivity index (χ4v) is 3.65. The molecule has 0 amide bonds. The maximum Gasteiger partial charge on any atom is 0.162 e. The second-order valence-corrected chi connectivity index (χ2v) is 7.73. The number of anilines is 1. The lowest BCUT2D eigenvalue weighted by atomic mass is 10.1. The SMILES string of the molecule is COc1ccc(-c2cc(NCCCN(C)CCCN)c3cc(OC)c(OC)cc3n2)cc1.Cl.Cl. The first kappa shape index (κ1) is 29.6. The molecule has 0 aliphatic heterocycles. The zero-order valence-corrected chi connectivity index (χ0v) is 21.9. The fourth-order valence-electron chi connectivity index (χ4n) is 3.65. The zero-order valence-electron chi connectivity index (χ0n) is 20.3. The van der Waals surface area contributed by atoms with Crippen LogP contribution in [0.25, 0.3) is 22.2 Å². The Balaban J connectivity index is 0.00000289. The summed E-state index contributed by atoms with van der Waals surface area (Å²) in [6, 6.07) is 13.9. The van der Waals surface area contributed by atoms with Crippen LogP contribution < -0.4 is 25.3 Å². The number of nitrogens with two attached hydrogens (primary N) is 1. The van der Waals surface area contributed by atoms with E-state index >= 15 is 0 Å². The number of hydrogen-bond donors (Lipinski definition) is 2. The van der Waals surface area contributed by atoms with Crippen molar-refractivity contribution in [1.82, 2.24) is 9.88 Å². The van der Waals surface area contributed by atoms with Crippen LogP contribution in [0.15, 0.2) is 42.5 Å². The summed E-state index contributed by atoms with van der Waals surface area (Å²) < 4.78 is 16.3. The quantitative estimate of drug-likeness (QED) is 0.337. The molecule has 9 heteroatoms. The van der Waals surface area contributed by atoms with E-state index in [2.05, 4.69) is 23.3 Å². The summed E-state index contributed by atoms with van der Waals surface area (Å²) in [5.74, 6) is 2.16. The molecule has 0 unspecified atom stereocenters. The molecule has 0 spiro atoms. The maximum atomic E-state index is 5.61. The molecule has 0 saturated carbocycles. The fraction of sp³-hybridized carbons (Fsp3) is 0.400. The molecular formula is C25H36Cl2N4O3. The number of methoxy groups -OCH3 is 3. The second kappa shape index (κ2) is 14.7. The number of ether oxygens (including phenoxy) is 3. The highest BCUT2D eigenvalue weighted by Gasteiger charge is 2.13. The Kier molecular flexibility index (Phi) is 12.8. The monoisotopic (exact) mass is 510 g/mol. The van der Waals surface area contributed by atoms with Gasteiger partial charge in [-0.2, -0.15) is 0 Å². The third-order valence-corrected chi connectivity index (χ3v) is 5.48. The van der Waals surface area contributed by atoms with Crippen LogP contribution in [-0.2, 0) is 0 Å². The highest BCUT2D eigenvalue weighted by Crippen LogP contribution is 2.36. The number of hydrogen-bond acceptors (Lipinski definition) is 7. The summed E-state index contributed by atoms with van der Waals surface area (Å²) in [6.07, 6.45) is 2.04. The molecule has 7 nitrogen and oxygen atoms in total. The van der Waals surface area contributed by atoms with Gasteiger partial charge >= 0.3 is 0 Å². The minimum absolute atomic E-state index is 0. The molecule has 188 valence electrons. The predicted octanol–water partition coefficient (Wildman–Crippen LogP) is 4.85. The van der Waals surface area contributed by atoms with Crippen molar-refractivity contribution in [3.05, 3.63) is 42.5 Å². The van der Waals surface area contributed by atoms with E-state index in [9.17, 15) is 0 Å². The lowest BCUT2D eigenvalue weighted by Crippen LogP contribution is -2.24. The van der Waals surface area contributed by atoms with Crippen molar-refractivity contribution in [2.75, 3.05) is 59.9 Å². The molecule has 0 atom stereocenters. The van der Waals surface area contributed by atoms with Gasteiger partial charge in [-0.3, -0.25) is 0 Å². The molecule has 3 N–H and O–H groups in total. The topological polar surface area (TPSA) is 81.9 Å². The van der Waals surface area contributed by atoms with Crippen LogP contribution in [0.3, 0.4) is 0 Å². The highest BCUT2D eigenvalue weighted by molar-refractivity contribution is 5.96. The molecule has 0 aliphatic rings. The molecule has 2 aromatic carbocycles. The Labute approximate surface area is 214 Å². The number of rotatable bonds is 12. The Hall–Kier alpha value is -2.45. The van der Waals surface area contributed by atoms with Gasteiger partial charge in [0.15, 0.2) is 11.5 Å². The number of pyridine rings is 1. The summed E-state index contributed by atoms with van der Waals surface area (Å²) in [5, 5.41) is 4.60. The van der Waals surface area contributed by atoms with E-state index in [4.69, 9.17) is 24.9 Å². The van der Waals surface area contributed by atoms with Gasteiger partial charge in [-0.05, 0) is 75.9 Å². The van der Waals surface area contributed by atoms with E-state index in [1.807, 2.05) is 36.4 Å². The van der Waals surface area contributed by atoms with Gasteiger partial charge in [-0.1, -0.05) is 0 Å². The first-order valence-electron chi connectivity index (χ1n) is 10.9. The van der Waals surface area contributed by atoms with E-state index in [0.29, 0.717) is 11.5 Å².